The second-order valence-corrected chi connectivity index (χ2v) is 7.63. The second-order valence-electron chi connectivity index (χ2n) is 6.78. The Hall–Kier alpha value is -3.28. The van der Waals surface area contributed by atoms with E-state index in [9.17, 15) is 14.3 Å². The van der Waals surface area contributed by atoms with Crippen LogP contribution in [0.5, 0.6) is 11.6 Å². The topological polar surface area (TPSA) is 95.2 Å². The van der Waals surface area contributed by atoms with Crippen molar-refractivity contribution in [2.75, 3.05) is 0 Å². The second kappa shape index (κ2) is 8.39. The molecular weight excluding hydrogens is 393 g/mol. The summed E-state index contributed by atoms with van der Waals surface area (Å²) in [7, 11) is 0. The minimum atomic E-state index is -1.15. The van der Waals surface area contributed by atoms with Crippen LogP contribution < -0.4 is 10.1 Å². The summed E-state index contributed by atoms with van der Waals surface area (Å²) < 4.78 is 19.9. The van der Waals surface area contributed by atoms with Gasteiger partial charge in [0.2, 0.25) is 5.88 Å². The fourth-order valence-electron chi connectivity index (χ4n) is 2.53. The number of thiazole rings is 1. The molecule has 0 aliphatic carbocycles. The summed E-state index contributed by atoms with van der Waals surface area (Å²) in [6.45, 7) is 3.11. The first-order chi connectivity index (χ1) is 13.8. The van der Waals surface area contributed by atoms with Crippen LogP contribution in [0.2, 0.25) is 0 Å². The van der Waals surface area contributed by atoms with Gasteiger partial charge in [-0.25, -0.2) is 9.37 Å². The Morgan fingerprint density at radius 1 is 1.38 bits per heavy atom. The number of rotatable bonds is 6. The molecule has 0 fully saturated rings. The van der Waals surface area contributed by atoms with E-state index in [-0.39, 0.29) is 18.7 Å². The number of carbonyl (C=O) groups excluding carboxylic acids is 1. The lowest BCUT2D eigenvalue weighted by molar-refractivity contribution is 0.0781. The van der Waals surface area contributed by atoms with Gasteiger partial charge in [0.1, 0.15) is 11.6 Å². The molecule has 6 nitrogen and oxygen atoms in total. The summed E-state index contributed by atoms with van der Waals surface area (Å²) in [5, 5.41) is 21.6. The lowest BCUT2D eigenvalue weighted by atomic mass is 9.97. The number of amides is 1. The van der Waals surface area contributed by atoms with Gasteiger partial charge in [-0.15, -0.1) is 11.3 Å². The van der Waals surface area contributed by atoms with E-state index in [2.05, 4.69) is 10.3 Å². The molecule has 8 heteroatoms. The molecule has 3 aromatic rings. The van der Waals surface area contributed by atoms with Crippen LogP contribution in [0.4, 0.5) is 4.39 Å². The molecule has 1 amide bonds. The molecular formula is C21H20FN3O3S. The highest BCUT2D eigenvalue weighted by Gasteiger charge is 2.20. The van der Waals surface area contributed by atoms with E-state index in [1.54, 1.807) is 44.2 Å². The number of aliphatic hydroxyl groups is 1. The van der Waals surface area contributed by atoms with E-state index in [0.717, 1.165) is 11.3 Å². The monoisotopic (exact) mass is 413 g/mol. The van der Waals surface area contributed by atoms with Crippen molar-refractivity contribution < 1.29 is 20.5 Å². The molecule has 0 aliphatic heterocycles. The largest absolute Gasteiger partial charge is 0.437 e. The average molecular weight is 413 g/mol. The fourth-order valence-corrected chi connectivity index (χ4v) is 3.16. The van der Waals surface area contributed by atoms with Gasteiger partial charge < -0.3 is 15.2 Å². The molecule has 0 radical (unpaired) electrons. The summed E-state index contributed by atoms with van der Waals surface area (Å²) in [6.07, 6.45) is 0. The molecule has 2 N–H and O–H groups in total. The van der Waals surface area contributed by atoms with Gasteiger partial charge >= 0.3 is 0 Å². The highest BCUT2D eigenvalue weighted by Crippen LogP contribution is 2.27. The Kier molecular flexibility index (Phi) is 5.92. The first-order valence-electron chi connectivity index (χ1n) is 8.69. The minimum Gasteiger partial charge on any atom is -0.437 e. The maximum Gasteiger partial charge on any atom is 0.267 e. The van der Waals surface area contributed by atoms with E-state index in [1.807, 2.05) is 6.07 Å². The molecule has 0 saturated carbocycles. The van der Waals surface area contributed by atoms with Crippen LogP contribution >= 0.6 is 11.3 Å². The molecule has 2 aromatic carbocycles. The number of hydrogen-bond acceptors (Lipinski definition) is 6. The number of nitrogens with one attached hydrogen (secondary N) is 1. The van der Waals surface area contributed by atoms with E-state index in [4.69, 9.17) is 10.00 Å². The van der Waals surface area contributed by atoms with E-state index in [1.165, 1.54) is 17.6 Å². The molecule has 0 saturated heterocycles. The molecule has 150 valence electrons. The quantitative estimate of drug-likeness (QED) is 0.626. The molecule has 0 atom stereocenters. The minimum absolute atomic E-state index is 0. The van der Waals surface area contributed by atoms with Crippen molar-refractivity contribution in [3.05, 3.63) is 75.4 Å². The normalized spacial score (nSPS) is 11.0. The van der Waals surface area contributed by atoms with Gasteiger partial charge in [-0.1, -0.05) is 18.2 Å². The fraction of sp³-hybridized carbons (Fsp3) is 0.190. The molecule has 0 aliphatic rings. The summed E-state index contributed by atoms with van der Waals surface area (Å²) >= 11 is 1.09. The zero-order chi connectivity index (χ0) is 21.0. The van der Waals surface area contributed by atoms with Crippen molar-refractivity contribution in [3.8, 4) is 17.7 Å². The van der Waals surface area contributed by atoms with Crippen molar-refractivity contribution in [2.45, 2.75) is 26.0 Å². The third-order valence-electron chi connectivity index (χ3n) is 4.12. The highest BCUT2D eigenvalue weighted by molar-refractivity contribution is 7.12. The van der Waals surface area contributed by atoms with Gasteiger partial charge in [0.15, 0.2) is 4.88 Å². The van der Waals surface area contributed by atoms with Gasteiger partial charge in [0.05, 0.1) is 22.7 Å². The lowest BCUT2D eigenvalue weighted by Gasteiger charge is -2.18. The van der Waals surface area contributed by atoms with E-state index >= 15 is 0 Å². The van der Waals surface area contributed by atoms with Gasteiger partial charge in [0, 0.05) is 13.5 Å². The number of hydrogen-bond donors (Lipinski definition) is 2. The standard InChI is InChI=1S/C21H18FN3O3S.H2/c1-21(2,27)15-7-6-14(17(22)9-15)11-24-19(26)18-20(25-12-29-18)28-16-5-3-4-13(8-16)10-23;/h3-9,12,27H,11H2,1-2H3,(H,24,26);1H. The number of carbonyl (C=O) groups is 1. The van der Waals surface area contributed by atoms with Crippen LogP contribution in [0.1, 0.15) is 41.6 Å². The van der Waals surface area contributed by atoms with Gasteiger partial charge in [-0.05, 0) is 43.7 Å². The van der Waals surface area contributed by atoms with Crippen molar-refractivity contribution in [1.82, 2.24) is 10.3 Å². The Labute approximate surface area is 172 Å². The molecule has 29 heavy (non-hydrogen) atoms. The number of benzene rings is 2. The first kappa shape index (κ1) is 20.5. The zero-order valence-electron chi connectivity index (χ0n) is 15.8. The summed E-state index contributed by atoms with van der Waals surface area (Å²) in [5.41, 5.74) is 1.48. The van der Waals surface area contributed by atoms with Gasteiger partial charge in [-0.2, -0.15) is 5.26 Å². The number of nitrogens with zero attached hydrogens (tertiary/aromatic N) is 2. The number of halogens is 1. The number of ether oxygens (including phenoxy) is 1. The Balaban J connectivity index is 0.00000320. The van der Waals surface area contributed by atoms with Crippen LogP contribution in [0.3, 0.4) is 0 Å². The third kappa shape index (κ3) is 4.96. The van der Waals surface area contributed by atoms with Crippen LogP contribution in [0.15, 0.2) is 48.0 Å². The van der Waals surface area contributed by atoms with Crippen molar-refractivity contribution in [3.63, 3.8) is 0 Å². The number of aromatic nitrogens is 1. The lowest BCUT2D eigenvalue weighted by Crippen LogP contribution is -2.23. The first-order valence-corrected chi connectivity index (χ1v) is 9.57. The summed E-state index contributed by atoms with van der Waals surface area (Å²) in [6, 6.07) is 12.9. The van der Waals surface area contributed by atoms with Crippen molar-refractivity contribution >= 4 is 17.2 Å². The Bertz CT molecular complexity index is 1090. The maximum atomic E-state index is 14.3. The van der Waals surface area contributed by atoms with Crippen molar-refractivity contribution in [1.29, 1.82) is 5.26 Å². The van der Waals surface area contributed by atoms with E-state index < -0.39 is 17.3 Å². The van der Waals surface area contributed by atoms with Crippen molar-refractivity contribution in [2.24, 2.45) is 0 Å². The van der Waals surface area contributed by atoms with Crippen LogP contribution in [0, 0.1) is 17.1 Å². The van der Waals surface area contributed by atoms with Crippen LogP contribution in [-0.4, -0.2) is 16.0 Å². The van der Waals surface area contributed by atoms with Gasteiger partial charge in [0.25, 0.3) is 5.91 Å². The molecule has 0 spiro atoms. The molecule has 0 bridgehead atoms. The number of nitriles is 1. The Morgan fingerprint density at radius 2 is 2.17 bits per heavy atom. The summed E-state index contributed by atoms with van der Waals surface area (Å²) in [5.74, 6) is -0.471. The molecule has 3 rings (SSSR count). The van der Waals surface area contributed by atoms with Gasteiger partial charge in [-0.3, -0.25) is 4.79 Å². The molecule has 1 aromatic heterocycles. The predicted molar refractivity (Wildman–Crippen MR) is 108 cm³/mol. The third-order valence-corrected chi connectivity index (χ3v) is 4.92. The predicted octanol–water partition coefficient (Wildman–Crippen LogP) is 4.35. The molecule has 1 heterocycles. The summed E-state index contributed by atoms with van der Waals surface area (Å²) in [4.78, 5) is 16.8. The Morgan fingerprint density at radius 3 is 2.86 bits per heavy atom. The highest BCUT2D eigenvalue weighted by atomic mass is 32.1. The van der Waals surface area contributed by atoms with E-state index in [0.29, 0.717) is 22.4 Å². The van der Waals surface area contributed by atoms with Crippen LogP contribution in [-0.2, 0) is 12.1 Å². The smallest absolute Gasteiger partial charge is 0.267 e. The maximum absolute atomic E-state index is 14.3. The average Bonchev–Trinajstić information content (AvgIpc) is 3.14. The van der Waals surface area contributed by atoms with Crippen LogP contribution in [0.25, 0.3) is 0 Å². The SMILES string of the molecule is CC(C)(O)c1ccc(CNC(=O)c2scnc2Oc2cccc(C#N)c2)c(F)c1.[HH]. The zero-order valence-corrected chi connectivity index (χ0v) is 16.6. The molecule has 0 unspecified atom stereocenters.